The molecule has 0 bridgehead atoms. The minimum Gasteiger partial charge on any atom is -0.444 e. The minimum absolute atomic E-state index is 0.0508. The molecule has 0 saturated carbocycles. The van der Waals surface area contributed by atoms with E-state index in [2.05, 4.69) is 36.7 Å². The van der Waals surface area contributed by atoms with E-state index in [1.807, 2.05) is 13.8 Å². The predicted molar refractivity (Wildman–Crippen MR) is 116 cm³/mol. The van der Waals surface area contributed by atoms with Crippen LogP contribution in [0.5, 0.6) is 0 Å². The first kappa shape index (κ1) is 27.2. The summed E-state index contributed by atoms with van der Waals surface area (Å²) in [6.45, 7) is 17.6. The van der Waals surface area contributed by atoms with Gasteiger partial charge in [0, 0.05) is 25.0 Å². The Bertz CT molecular complexity index is 527. The summed E-state index contributed by atoms with van der Waals surface area (Å²) in [5.74, 6) is 0.00577. The van der Waals surface area contributed by atoms with Gasteiger partial charge in [-0.25, -0.2) is 4.79 Å². The molecule has 0 aliphatic rings. The summed E-state index contributed by atoms with van der Waals surface area (Å²) in [6.07, 6.45) is 1.42. The van der Waals surface area contributed by atoms with Crippen LogP contribution in [0, 0.1) is 17.8 Å². The molecule has 170 valence electrons. The van der Waals surface area contributed by atoms with E-state index < -0.39 is 11.7 Å². The first-order chi connectivity index (χ1) is 13.2. The molecule has 3 N–H and O–H groups in total. The fourth-order valence-corrected chi connectivity index (χ4v) is 2.78. The molecule has 0 unspecified atom stereocenters. The third kappa shape index (κ3) is 13.1. The van der Waals surface area contributed by atoms with Gasteiger partial charge in [0.1, 0.15) is 5.60 Å². The molecule has 0 saturated heterocycles. The maximum atomic E-state index is 12.4. The van der Waals surface area contributed by atoms with E-state index in [0.717, 1.165) is 12.8 Å². The number of hydrogen-bond donors (Lipinski definition) is 3. The monoisotopic (exact) mass is 413 g/mol. The van der Waals surface area contributed by atoms with Crippen molar-refractivity contribution in [3.63, 3.8) is 0 Å². The minimum atomic E-state index is -0.595. The molecule has 0 aromatic heterocycles. The predicted octanol–water partition coefficient (Wildman–Crippen LogP) is 3.62. The van der Waals surface area contributed by atoms with Crippen LogP contribution >= 0.6 is 0 Å². The van der Waals surface area contributed by atoms with Crippen molar-refractivity contribution < 1.29 is 19.1 Å². The quantitative estimate of drug-likeness (QED) is 0.482. The zero-order valence-electron chi connectivity index (χ0n) is 19.8. The Morgan fingerprint density at radius 3 is 2.00 bits per heavy atom. The van der Waals surface area contributed by atoms with Crippen molar-refractivity contribution in [2.24, 2.45) is 17.8 Å². The topological polar surface area (TPSA) is 96.5 Å². The molecule has 7 nitrogen and oxygen atoms in total. The molecule has 3 amide bonds. The van der Waals surface area contributed by atoms with E-state index in [1.54, 1.807) is 27.7 Å². The lowest BCUT2D eigenvalue weighted by molar-refractivity contribution is -0.126. The van der Waals surface area contributed by atoms with E-state index in [0.29, 0.717) is 5.92 Å². The highest BCUT2D eigenvalue weighted by molar-refractivity contribution is 5.81. The Balaban J connectivity index is 4.54. The molecule has 3 atom stereocenters. The Morgan fingerprint density at radius 2 is 1.55 bits per heavy atom. The Hall–Kier alpha value is -1.79. The smallest absolute Gasteiger partial charge is 0.407 e. The number of nitrogens with one attached hydrogen (secondary N) is 3. The third-order valence-corrected chi connectivity index (χ3v) is 4.56. The van der Waals surface area contributed by atoms with E-state index in [9.17, 15) is 14.4 Å². The second-order valence-electron chi connectivity index (χ2n) is 9.65. The molecule has 0 rings (SSSR count). The SMILES string of the molecule is CC[C@@H](CC(C)C)NC(=O)[C@@H](C)CNC(=O)C[C@@H](NC(=O)OC(C)(C)C)C(C)C. The van der Waals surface area contributed by atoms with Crippen molar-refractivity contribution in [3.05, 3.63) is 0 Å². The summed E-state index contributed by atoms with van der Waals surface area (Å²) in [6, 6.07) is -0.187. The largest absolute Gasteiger partial charge is 0.444 e. The highest BCUT2D eigenvalue weighted by Crippen LogP contribution is 2.11. The van der Waals surface area contributed by atoms with Gasteiger partial charge in [-0.3, -0.25) is 9.59 Å². The molecular weight excluding hydrogens is 370 g/mol. The summed E-state index contributed by atoms with van der Waals surface area (Å²) in [5, 5.41) is 8.64. The van der Waals surface area contributed by atoms with Crippen LogP contribution in [0.25, 0.3) is 0 Å². The van der Waals surface area contributed by atoms with Crippen molar-refractivity contribution in [2.45, 2.75) is 99.3 Å². The number of rotatable bonds is 11. The highest BCUT2D eigenvalue weighted by atomic mass is 16.6. The van der Waals surface area contributed by atoms with Crippen LogP contribution in [-0.4, -0.2) is 42.1 Å². The van der Waals surface area contributed by atoms with Gasteiger partial charge in [-0.1, -0.05) is 41.5 Å². The van der Waals surface area contributed by atoms with E-state index in [1.165, 1.54) is 0 Å². The molecule has 0 aliphatic carbocycles. The number of carbonyl (C=O) groups excluding carboxylic acids is 3. The summed E-state index contributed by atoms with van der Waals surface area (Å²) in [4.78, 5) is 36.7. The molecule has 0 aliphatic heterocycles. The number of ether oxygens (including phenoxy) is 1. The standard InChI is InChI=1S/C22H43N3O4/c1-10-17(11-14(2)3)24-20(27)16(6)13-23-19(26)12-18(15(4)5)25-21(28)29-22(7,8)9/h14-18H,10-13H2,1-9H3,(H,23,26)(H,24,27)(H,25,28)/t16-,17-,18+/m0/s1. The van der Waals surface area contributed by atoms with Crippen molar-refractivity contribution in [1.82, 2.24) is 16.0 Å². The van der Waals surface area contributed by atoms with Crippen molar-refractivity contribution in [2.75, 3.05) is 6.54 Å². The number of alkyl carbamates (subject to hydrolysis) is 1. The van der Waals surface area contributed by atoms with Gasteiger partial charge >= 0.3 is 6.09 Å². The maximum absolute atomic E-state index is 12.4. The molecule has 0 heterocycles. The Kier molecular flexibility index (Phi) is 11.9. The zero-order chi connectivity index (χ0) is 22.8. The van der Waals surface area contributed by atoms with Crippen LogP contribution < -0.4 is 16.0 Å². The molecule has 0 radical (unpaired) electrons. The van der Waals surface area contributed by atoms with Gasteiger partial charge in [-0.05, 0) is 45.4 Å². The number of hydrogen-bond acceptors (Lipinski definition) is 4. The van der Waals surface area contributed by atoms with E-state index in [4.69, 9.17) is 4.74 Å². The fourth-order valence-electron chi connectivity index (χ4n) is 2.78. The average Bonchev–Trinajstić information content (AvgIpc) is 2.56. The van der Waals surface area contributed by atoms with Gasteiger partial charge in [0.2, 0.25) is 11.8 Å². The fraction of sp³-hybridized carbons (Fsp3) is 0.864. The lowest BCUT2D eigenvalue weighted by Gasteiger charge is -2.25. The third-order valence-electron chi connectivity index (χ3n) is 4.56. The first-order valence-electron chi connectivity index (χ1n) is 10.8. The zero-order valence-corrected chi connectivity index (χ0v) is 19.8. The lowest BCUT2D eigenvalue weighted by Crippen LogP contribution is -2.46. The van der Waals surface area contributed by atoms with Crippen molar-refractivity contribution in [3.8, 4) is 0 Å². The van der Waals surface area contributed by atoms with E-state index in [-0.39, 0.29) is 48.7 Å². The van der Waals surface area contributed by atoms with Gasteiger partial charge in [0.25, 0.3) is 0 Å². The first-order valence-corrected chi connectivity index (χ1v) is 10.8. The van der Waals surface area contributed by atoms with Crippen LogP contribution in [0.3, 0.4) is 0 Å². The van der Waals surface area contributed by atoms with Crippen LogP contribution in [-0.2, 0) is 14.3 Å². The summed E-state index contributed by atoms with van der Waals surface area (Å²) in [7, 11) is 0. The molecular formula is C22H43N3O4. The summed E-state index contributed by atoms with van der Waals surface area (Å²) < 4.78 is 5.27. The van der Waals surface area contributed by atoms with Gasteiger partial charge in [0.05, 0.1) is 5.92 Å². The van der Waals surface area contributed by atoms with Crippen LogP contribution in [0.15, 0.2) is 0 Å². The normalized spacial score (nSPS) is 14.9. The highest BCUT2D eigenvalue weighted by Gasteiger charge is 2.24. The molecule has 0 spiro atoms. The maximum Gasteiger partial charge on any atom is 0.407 e. The molecule has 29 heavy (non-hydrogen) atoms. The number of carbonyl (C=O) groups is 3. The molecule has 0 aromatic rings. The van der Waals surface area contributed by atoms with Crippen molar-refractivity contribution >= 4 is 17.9 Å². The van der Waals surface area contributed by atoms with Gasteiger partial charge < -0.3 is 20.7 Å². The Labute approximate surface area is 177 Å². The van der Waals surface area contributed by atoms with Gasteiger partial charge in [-0.2, -0.15) is 0 Å². The van der Waals surface area contributed by atoms with Gasteiger partial charge in [0.15, 0.2) is 0 Å². The number of amides is 3. The van der Waals surface area contributed by atoms with Crippen LogP contribution in [0.1, 0.15) is 81.6 Å². The lowest BCUT2D eigenvalue weighted by atomic mass is 10.00. The second kappa shape index (κ2) is 12.7. The average molecular weight is 414 g/mol. The molecule has 0 fully saturated rings. The van der Waals surface area contributed by atoms with E-state index >= 15 is 0 Å². The second-order valence-corrected chi connectivity index (χ2v) is 9.65. The molecule has 7 heteroatoms. The summed E-state index contributed by atoms with van der Waals surface area (Å²) >= 11 is 0. The van der Waals surface area contributed by atoms with Crippen LogP contribution in [0.2, 0.25) is 0 Å². The molecule has 0 aromatic carbocycles. The van der Waals surface area contributed by atoms with Gasteiger partial charge in [-0.15, -0.1) is 0 Å². The Morgan fingerprint density at radius 1 is 0.966 bits per heavy atom. The van der Waals surface area contributed by atoms with Crippen LogP contribution in [0.4, 0.5) is 4.79 Å². The summed E-state index contributed by atoms with van der Waals surface area (Å²) in [5.41, 5.74) is -0.595. The van der Waals surface area contributed by atoms with Crippen molar-refractivity contribution in [1.29, 1.82) is 0 Å².